The van der Waals surface area contributed by atoms with E-state index >= 15 is 0 Å². The van der Waals surface area contributed by atoms with Crippen LogP contribution in [0.5, 0.6) is 17.2 Å². The van der Waals surface area contributed by atoms with Crippen molar-refractivity contribution in [3.8, 4) is 17.2 Å². The first kappa shape index (κ1) is 14.5. The van der Waals surface area contributed by atoms with E-state index in [1.807, 2.05) is 12.1 Å². The Morgan fingerprint density at radius 3 is 2.62 bits per heavy atom. The van der Waals surface area contributed by atoms with Crippen LogP contribution in [0, 0.1) is 11.8 Å². The average molecular weight is 291 g/mol. The molecule has 0 aromatic heterocycles. The molecule has 1 aliphatic carbocycles. The van der Waals surface area contributed by atoms with Crippen molar-refractivity contribution in [2.45, 2.75) is 45.7 Å². The lowest BCUT2D eigenvalue weighted by Crippen LogP contribution is -2.35. The lowest BCUT2D eigenvalue weighted by atomic mass is 9.80. The molecule has 21 heavy (non-hydrogen) atoms. The molecule has 116 valence electrons. The highest BCUT2D eigenvalue weighted by atomic mass is 16.7. The number of benzene rings is 1. The highest BCUT2D eigenvalue weighted by Gasteiger charge is 2.24. The van der Waals surface area contributed by atoms with Crippen LogP contribution in [0.1, 0.15) is 38.7 Å². The molecule has 1 aromatic rings. The third-order valence-electron chi connectivity index (χ3n) is 4.49. The topological polar surface area (TPSA) is 39.7 Å². The molecule has 1 N–H and O–H groups in total. The number of rotatable bonds is 4. The third-order valence-corrected chi connectivity index (χ3v) is 4.49. The number of fused-ring (bicyclic) bond motifs is 1. The summed E-state index contributed by atoms with van der Waals surface area (Å²) in [6.45, 7) is 5.83. The van der Waals surface area contributed by atoms with E-state index in [1.54, 1.807) is 7.11 Å². The summed E-state index contributed by atoms with van der Waals surface area (Å²) < 4.78 is 16.3. The van der Waals surface area contributed by atoms with E-state index in [-0.39, 0.29) is 6.79 Å². The summed E-state index contributed by atoms with van der Waals surface area (Å²) in [7, 11) is 1.67. The van der Waals surface area contributed by atoms with Crippen LogP contribution in [-0.4, -0.2) is 19.9 Å². The van der Waals surface area contributed by atoms with Crippen molar-refractivity contribution in [3.63, 3.8) is 0 Å². The molecular weight excluding hydrogens is 266 g/mol. The van der Waals surface area contributed by atoms with Crippen molar-refractivity contribution < 1.29 is 14.2 Å². The average Bonchev–Trinajstić information content (AvgIpc) is 2.91. The zero-order chi connectivity index (χ0) is 14.8. The second-order valence-electron chi connectivity index (χ2n) is 6.53. The van der Waals surface area contributed by atoms with Gasteiger partial charge >= 0.3 is 0 Å². The Hall–Kier alpha value is -1.42. The Bertz CT molecular complexity index is 493. The van der Waals surface area contributed by atoms with Gasteiger partial charge in [0.2, 0.25) is 12.5 Å². The van der Waals surface area contributed by atoms with Crippen molar-refractivity contribution in [1.82, 2.24) is 5.32 Å². The van der Waals surface area contributed by atoms with Gasteiger partial charge in [0.15, 0.2) is 11.5 Å². The van der Waals surface area contributed by atoms with Gasteiger partial charge in [0, 0.05) is 12.6 Å². The number of hydrogen-bond donors (Lipinski definition) is 1. The molecule has 1 aromatic carbocycles. The van der Waals surface area contributed by atoms with E-state index < -0.39 is 0 Å². The molecule has 3 rings (SSSR count). The largest absolute Gasteiger partial charge is 0.493 e. The molecule has 2 aliphatic rings. The molecule has 4 heteroatoms. The normalized spacial score (nSPS) is 27.7. The van der Waals surface area contributed by atoms with Crippen LogP contribution in [0.15, 0.2) is 12.1 Å². The molecule has 2 atom stereocenters. The van der Waals surface area contributed by atoms with Crippen molar-refractivity contribution >= 4 is 0 Å². The molecule has 0 bridgehead atoms. The highest BCUT2D eigenvalue weighted by Crippen LogP contribution is 2.41. The minimum absolute atomic E-state index is 0.278. The summed E-state index contributed by atoms with van der Waals surface area (Å²) in [6, 6.07) is 4.70. The van der Waals surface area contributed by atoms with E-state index in [4.69, 9.17) is 14.2 Å². The molecule has 1 heterocycles. The van der Waals surface area contributed by atoms with Crippen LogP contribution in [0.2, 0.25) is 0 Å². The summed E-state index contributed by atoms with van der Waals surface area (Å²) >= 11 is 0. The maximum atomic E-state index is 5.48. The fourth-order valence-electron chi connectivity index (χ4n) is 3.66. The van der Waals surface area contributed by atoms with Gasteiger partial charge in [0.05, 0.1) is 7.11 Å². The van der Waals surface area contributed by atoms with E-state index in [9.17, 15) is 0 Å². The predicted octanol–water partition coefficient (Wildman–Crippen LogP) is 3.34. The summed E-state index contributed by atoms with van der Waals surface area (Å²) in [5.41, 5.74) is 1.18. The number of methoxy groups -OCH3 is 1. The lowest BCUT2D eigenvalue weighted by Gasteiger charge is -2.32. The summed E-state index contributed by atoms with van der Waals surface area (Å²) in [5, 5.41) is 3.69. The molecule has 0 saturated heterocycles. The first-order valence-electron chi connectivity index (χ1n) is 7.85. The molecule has 1 saturated carbocycles. The maximum Gasteiger partial charge on any atom is 0.231 e. The van der Waals surface area contributed by atoms with E-state index in [0.717, 1.165) is 35.6 Å². The van der Waals surface area contributed by atoms with Crippen LogP contribution in [0.25, 0.3) is 0 Å². The Morgan fingerprint density at radius 2 is 1.90 bits per heavy atom. The van der Waals surface area contributed by atoms with Gasteiger partial charge in [-0.15, -0.1) is 0 Å². The molecule has 2 unspecified atom stereocenters. The van der Waals surface area contributed by atoms with Crippen LogP contribution >= 0.6 is 0 Å². The fourth-order valence-corrected chi connectivity index (χ4v) is 3.66. The van der Waals surface area contributed by atoms with Crippen molar-refractivity contribution in [1.29, 1.82) is 0 Å². The van der Waals surface area contributed by atoms with Gasteiger partial charge in [-0.2, -0.15) is 0 Å². The van der Waals surface area contributed by atoms with Gasteiger partial charge in [-0.1, -0.05) is 13.8 Å². The SMILES string of the molecule is COc1cc(CNC2CC(C)CC(C)C2)cc2c1OCO2. The number of nitrogens with one attached hydrogen (secondary N) is 1. The Morgan fingerprint density at radius 1 is 1.14 bits per heavy atom. The summed E-state index contributed by atoms with van der Waals surface area (Å²) in [4.78, 5) is 0. The summed E-state index contributed by atoms with van der Waals surface area (Å²) in [5.74, 6) is 3.90. The van der Waals surface area contributed by atoms with Gasteiger partial charge in [-0.25, -0.2) is 0 Å². The van der Waals surface area contributed by atoms with E-state index in [1.165, 1.54) is 24.8 Å². The lowest BCUT2D eigenvalue weighted by molar-refractivity contribution is 0.171. The first-order chi connectivity index (χ1) is 10.2. The molecule has 1 fully saturated rings. The molecular formula is C17H25NO3. The second kappa shape index (κ2) is 6.14. The highest BCUT2D eigenvalue weighted by molar-refractivity contribution is 5.55. The van der Waals surface area contributed by atoms with Gasteiger partial charge in [-0.3, -0.25) is 0 Å². The molecule has 0 amide bonds. The zero-order valence-electron chi connectivity index (χ0n) is 13.1. The Kier molecular flexibility index (Phi) is 4.24. The van der Waals surface area contributed by atoms with E-state index in [0.29, 0.717) is 6.04 Å². The van der Waals surface area contributed by atoms with Crippen molar-refractivity contribution in [2.24, 2.45) is 11.8 Å². The van der Waals surface area contributed by atoms with Crippen LogP contribution in [-0.2, 0) is 6.54 Å². The predicted molar refractivity (Wildman–Crippen MR) is 81.9 cm³/mol. The second-order valence-corrected chi connectivity index (χ2v) is 6.53. The standard InChI is InChI=1S/C17H25NO3/c1-11-4-12(2)6-14(5-11)18-9-13-7-15(19-3)17-16(8-13)20-10-21-17/h7-8,11-12,14,18H,4-6,9-10H2,1-3H3. The number of ether oxygens (including phenoxy) is 3. The molecule has 0 spiro atoms. The Balaban J connectivity index is 1.65. The van der Waals surface area contributed by atoms with Crippen LogP contribution < -0.4 is 19.5 Å². The van der Waals surface area contributed by atoms with Gasteiger partial charge in [-0.05, 0) is 48.8 Å². The van der Waals surface area contributed by atoms with Gasteiger partial charge in [0.1, 0.15) is 0 Å². The van der Waals surface area contributed by atoms with Crippen molar-refractivity contribution in [2.75, 3.05) is 13.9 Å². The minimum Gasteiger partial charge on any atom is -0.493 e. The first-order valence-corrected chi connectivity index (χ1v) is 7.85. The minimum atomic E-state index is 0.278. The van der Waals surface area contributed by atoms with Gasteiger partial charge < -0.3 is 19.5 Å². The monoisotopic (exact) mass is 291 g/mol. The fraction of sp³-hybridized carbons (Fsp3) is 0.647. The van der Waals surface area contributed by atoms with E-state index in [2.05, 4.69) is 19.2 Å². The Labute approximate surface area is 126 Å². The van der Waals surface area contributed by atoms with Crippen LogP contribution in [0.4, 0.5) is 0 Å². The van der Waals surface area contributed by atoms with Crippen LogP contribution in [0.3, 0.4) is 0 Å². The summed E-state index contributed by atoms with van der Waals surface area (Å²) in [6.07, 6.45) is 3.90. The number of hydrogen-bond acceptors (Lipinski definition) is 4. The smallest absolute Gasteiger partial charge is 0.231 e. The third kappa shape index (κ3) is 3.26. The molecule has 1 aliphatic heterocycles. The van der Waals surface area contributed by atoms with Crippen molar-refractivity contribution in [3.05, 3.63) is 17.7 Å². The van der Waals surface area contributed by atoms with Gasteiger partial charge in [0.25, 0.3) is 0 Å². The maximum absolute atomic E-state index is 5.48. The zero-order valence-corrected chi connectivity index (χ0v) is 13.1. The molecule has 4 nitrogen and oxygen atoms in total. The quantitative estimate of drug-likeness (QED) is 0.923. The molecule has 0 radical (unpaired) electrons.